The van der Waals surface area contributed by atoms with Gasteiger partial charge in [0.25, 0.3) is 0 Å². The van der Waals surface area contributed by atoms with Gasteiger partial charge in [0, 0.05) is 10.6 Å². The maximum Gasteiger partial charge on any atom is 0.130 e. The summed E-state index contributed by atoms with van der Waals surface area (Å²) in [5.74, 6) is -0.212. The Hall–Kier alpha value is -1.99. The van der Waals surface area contributed by atoms with Crippen molar-refractivity contribution in [3.8, 4) is 0 Å². The van der Waals surface area contributed by atoms with E-state index in [1.807, 2.05) is 18.2 Å². The quantitative estimate of drug-likeness (QED) is 0.381. The zero-order valence-corrected chi connectivity index (χ0v) is 18.9. The van der Waals surface area contributed by atoms with Gasteiger partial charge in [0.05, 0.1) is 0 Å². The van der Waals surface area contributed by atoms with Gasteiger partial charge >= 0.3 is 0 Å². The van der Waals surface area contributed by atoms with Crippen molar-refractivity contribution in [1.82, 2.24) is 0 Å². The molecule has 0 bridgehead atoms. The van der Waals surface area contributed by atoms with Crippen LogP contribution in [0.1, 0.15) is 5.56 Å². The molecule has 0 nitrogen and oxygen atoms in total. The third kappa shape index (κ3) is 4.46. The van der Waals surface area contributed by atoms with Gasteiger partial charge in [-0.2, -0.15) is 0 Å². The van der Waals surface area contributed by atoms with Crippen molar-refractivity contribution in [2.75, 3.05) is 0 Å². The Labute approximate surface area is 187 Å². The average Bonchev–Trinajstić information content (AvgIpc) is 2.76. The van der Waals surface area contributed by atoms with Crippen molar-refractivity contribution < 1.29 is 21.4 Å². The molecule has 4 heteroatoms. The van der Waals surface area contributed by atoms with E-state index < -0.39 is 7.26 Å². The number of benzene rings is 4. The fourth-order valence-electron chi connectivity index (χ4n) is 3.69. The van der Waals surface area contributed by atoms with Gasteiger partial charge in [-0.3, -0.25) is 0 Å². The molecule has 0 atom stereocenters. The lowest BCUT2D eigenvalue weighted by Gasteiger charge is -2.28. The molecule has 0 amide bonds. The SMILES string of the molecule is Fc1ccc(Cl)cc1C[P+](c1ccccc1)(c1ccccc1)c1ccccc1.[Br-]. The number of hydrogen-bond donors (Lipinski definition) is 0. The standard InChI is InChI=1S/C25H20ClFP.BrH/c26-21-16-17-25(27)20(18-21)19-28(22-10-4-1-5-11-22,23-12-6-2-7-13-23)24-14-8-3-9-15-24;/h1-18H,19H2;1H/q+1;/p-1. The summed E-state index contributed by atoms with van der Waals surface area (Å²) in [7, 11) is -2.12. The molecular weight excluding hydrogens is 466 g/mol. The van der Waals surface area contributed by atoms with E-state index in [1.54, 1.807) is 12.1 Å². The first-order valence-electron chi connectivity index (χ1n) is 9.19. The van der Waals surface area contributed by atoms with Gasteiger partial charge in [0.2, 0.25) is 0 Å². The molecule has 0 aliphatic rings. The molecule has 0 saturated carbocycles. The van der Waals surface area contributed by atoms with E-state index in [2.05, 4.69) is 72.8 Å². The molecule has 4 aromatic carbocycles. The van der Waals surface area contributed by atoms with E-state index in [0.29, 0.717) is 16.7 Å². The molecule has 0 fully saturated rings. The van der Waals surface area contributed by atoms with Crippen LogP contribution in [0.25, 0.3) is 0 Å². The highest BCUT2D eigenvalue weighted by atomic mass is 79.9. The van der Waals surface area contributed by atoms with Gasteiger partial charge in [-0.1, -0.05) is 66.2 Å². The van der Waals surface area contributed by atoms with Gasteiger partial charge in [-0.15, -0.1) is 0 Å². The van der Waals surface area contributed by atoms with Gasteiger partial charge in [-0.25, -0.2) is 4.39 Å². The zero-order valence-electron chi connectivity index (χ0n) is 15.7. The van der Waals surface area contributed by atoms with Gasteiger partial charge < -0.3 is 17.0 Å². The fraction of sp³-hybridized carbons (Fsp3) is 0.0400. The van der Waals surface area contributed by atoms with Crippen LogP contribution in [0.3, 0.4) is 0 Å². The van der Waals surface area contributed by atoms with Crippen LogP contribution in [0, 0.1) is 5.82 Å². The number of hydrogen-bond acceptors (Lipinski definition) is 0. The molecule has 0 heterocycles. The lowest BCUT2D eigenvalue weighted by molar-refractivity contribution is -0.00000590. The van der Waals surface area contributed by atoms with Gasteiger partial charge in [0.1, 0.15) is 35.2 Å². The van der Waals surface area contributed by atoms with E-state index >= 15 is 0 Å². The monoisotopic (exact) mass is 484 g/mol. The third-order valence-corrected chi connectivity index (χ3v) is 9.60. The molecule has 0 unspecified atom stereocenters. The molecule has 0 radical (unpaired) electrons. The first-order valence-corrected chi connectivity index (χ1v) is 11.5. The van der Waals surface area contributed by atoms with E-state index in [1.165, 1.54) is 22.0 Å². The normalized spacial score (nSPS) is 11.0. The number of rotatable bonds is 5. The molecule has 0 spiro atoms. The summed E-state index contributed by atoms with van der Waals surface area (Å²) < 4.78 is 14.8. The molecule has 0 aliphatic carbocycles. The summed E-state index contributed by atoms with van der Waals surface area (Å²) in [5, 5.41) is 4.24. The van der Waals surface area contributed by atoms with Crippen LogP contribution in [0.15, 0.2) is 109 Å². The zero-order chi connectivity index (χ0) is 19.4. The Morgan fingerprint density at radius 1 is 0.621 bits per heavy atom. The van der Waals surface area contributed by atoms with Crippen molar-refractivity contribution in [2.45, 2.75) is 6.16 Å². The van der Waals surface area contributed by atoms with Crippen LogP contribution >= 0.6 is 18.9 Å². The molecule has 29 heavy (non-hydrogen) atoms. The molecule has 4 rings (SSSR count). The first kappa shape index (κ1) is 21.7. The van der Waals surface area contributed by atoms with Crippen LogP contribution in [-0.2, 0) is 6.16 Å². The lowest BCUT2D eigenvalue weighted by Crippen LogP contribution is -3.00. The average molecular weight is 486 g/mol. The molecular formula is C25H20BrClFP. The van der Waals surface area contributed by atoms with Crippen molar-refractivity contribution >= 4 is 34.8 Å². The van der Waals surface area contributed by atoms with Crippen LogP contribution in [0.5, 0.6) is 0 Å². The highest BCUT2D eigenvalue weighted by molar-refractivity contribution is 7.95. The smallest absolute Gasteiger partial charge is 0.130 e. The minimum absolute atomic E-state index is 0. The Bertz CT molecular complexity index is 959. The highest BCUT2D eigenvalue weighted by Crippen LogP contribution is 2.58. The van der Waals surface area contributed by atoms with E-state index in [0.717, 1.165) is 0 Å². The predicted molar refractivity (Wildman–Crippen MR) is 120 cm³/mol. The molecule has 0 aromatic heterocycles. The van der Waals surface area contributed by atoms with Crippen LogP contribution < -0.4 is 32.9 Å². The van der Waals surface area contributed by atoms with Crippen molar-refractivity contribution in [3.63, 3.8) is 0 Å². The van der Waals surface area contributed by atoms with E-state index in [9.17, 15) is 4.39 Å². The minimum Gasteiger partial charge on any atom is -1.00 e. The lowest BCUT2D eigenvalue weighted by atomic mass is 10.2. The van der Waals surface area contributed by atoms with Crippen LogP contribution in [0.2, 0.25) is 5.02 Å². The van der Waals surface area contributed by atoms with Crippen molar-refractivity contribution in [2.24, 2.45) is 0 Å². The molecule has 4 aromatic rings. The first-order chi connectivity index (χ1) is 13.7. The largest absolute Gasteiger partial charge is 1.00 e. The topological polar surface area (TPSA) is 0 Å². The number of halogens is 3. The Kier molecular flexibility index (Phi) is 7.24. The Balaban J connectivity index is 0.00000240. The summed E-state index contributed by atoms with van der Waals surface area (Å²) in [6.45, 7) is 0. The summed E-state index contributed by atoms with van der Waals surface area (Å²) in [4.78, 5) is 0. The summed E-state index contributed by atoms with van der Waals surface area (Å²) in [6, 6.07) is 36.2. The molecule has 0 saturated heterocycles. The van der Waals surface area contributed by atoms with Crippen molar-refractivity contribution in [3.05, 3.63) is 126 Å². The highest BCUT2D eigenvalue weighted by Gasteiger charge is 2.45. The second-order valence-electron chi connectivity index (χ2n) is 6.71. The van der Waals surface area contributed by atoms with Crippen molar-refractivity contribution in [1.29, 1.82) is 0 Å². The second kappa shape index (κ2) is 9.67. The molecule has 0 N–H and O–H groups in total. The second-order valence-corrected chi connectivity index (χ2v) is 10.6. The van der Waals surface area contributed by atoms with Gasteiger partial charge in [-0.05, 0) is 54.6 Å². The predicted octanol–water partition coefficient (Wildman–Crippen LogP) is 2.98. The summed E-state index contributed by atoms with van der Waals surface area (Å²) in [5.41, 5.74) is 0.650. The Morgan fingerprint density at radius 2 is 1.03 bits per heavy atom. The molecule has 146 valence electrons. The fourth-order valence-corrected chi connectivity index (χ4v) is 8.12. The minimum atomic E-state index is -2.12. The van der Waals surface area contributed by atoms with E-state index in [-0.39, 0.29) is 22.8 Å². The Morgan fingerprint density at radius 3 is 1.45 bits per heavy atom. The van der Waals surface area contributed by atoms with Crippen LogP contribution in [-0.4, -0.2) is 0 Å². The van der Waals surface area contributed by atoms with Crippen LogP contribution in [0.4, 0.5) is 4.39 Å². The molecule has 0 aliphatic heterocycles. The van der Waals surface area contributed by atoms with E-state index in [4.69, 9.17) is 11.6 Å². The third-order valence-electron chi connectivity index (χ3n) is 5.01. The summed E-state index contributed by atoms with van der Waals surface area (Å²) in [6.07, 6.45) is 0.581. The maximum atomic E-state index is 14.8. The van der Waals surface area contributed by atoms with Gasteiger partial charge in [0.15, 0.2) is 0 Å². The maximum absolute atomic E-state index is 14.8. The summed E-state index contributed by atoms with van der Waals surface area (Å²) >= 11 is 6.23.